The van der Waals surface area contributed by atoms with Crippen LogP contribution in [0.3, 0.4) is 0 Å². The Labute approximate surface area is 107 Å². The van der Waals surface area contributed by atoms with Crippen molar-refractivity contribution >= 4 is 5.71 Å². The summed E-state index contributed by atoms with van der Waals surface area (Å²) in [6, 6.07) is 0. The number of nitrogens with one attached hydrogen (secondary N) is 2. The minimum atomic E-state index is -0.0159. The molecule has 0 bridgehead atoms. The Morgan fingerprint density at radius 1 is 1.29 bits per heavy atom. The van der Waals surface area contributed by atoms with E-state index < -0.39 is 0 Å². The van der Waals surface area contributed by atoms with E-state index in [4.69, 9.17) is 5.41 Å². The normalized spacial score (nSPS) is 21.1. The van der Waals surface area contributed by atoms with E-state index in [0.29, 0.717) is 0 Å². The number of hydrogen-bond donors (Lipinski definition) is 2. The summed E-state index contributed by atoms with van der Waals surface area (Å²) in [5, 5.41) is 11.6. The van der Waals surface area contributed by atoms with Crippen molar-refractivity contribution in [1.29, 1.82) is 5.41 Å². The van der Waals surface area contributed by atoms with Crippen LogP contribution in [-0.4, -0.2) is 18.3 Å². The molecule has 1 aliphatic rings. The second-order valence-electron chi connectivity index (χ2n) is 5.77. The van der Waals surface area contributed by atoms with Crippen LogP contribution in [0.4, 0.5) is 0 Å². The fraction of sp³-hybridized carbons (Fsp3) is 0.933. The lowest BCUT2D eigenvalue weighted by Gasteiger charge is -2.37. The summed E-state index contributed by atoms with van der Waals surface area (Å²) in [6.45, 7) is 4.22. The highest BCUT2D eigenvalue weighted by Gasteiger charge is 2.33. The van der Waals surface area contributed by atoms with Crippen molar-refractivity contribution in [1.82, 2.24) is 5.32 Å². The van der Waals surface area contributed by atoms with Crippen molar-refractivity contribution in [2.45, 2.75) is 77.2 Å². The van der Waals surface area contributed by atoms with Gasteiger partial charge in [0.25, 0.3) is 0 Å². The molecule has 2 nitrogen and oxygen atoms in total. The van der Waals surface area contributed by atoms with Gasteiger partial charge in [-0.2, -0.15) is 0 Å². The molecule has 1 saturated carbocycles. The summed E-state index contributed by atoms with van der Waals surface area (Å²) in [4.78, 5) is 0. The predicted octanol–water partition coefficient (Wildman–Crippen LogP) is 4.14. The van der Waals surface area contributed by atoms with Gasteiger partial charge in [0, 0.05) is 5.71 Å². The van der Waals surface area contributed by atoms with Gasteiger partial charge in [-0.1, -0.05) is 51.9 Å². The van der Waals surface area contributed by atoms with Crippen LogP contribution in [0.5, 0.6) is 0 Å². The third-order valence-electron chi connectivity index (χ3n) is 4.52. The molecule has 1 rings (SSSR count). The molecule has 1 atom stereocenters. The van der Waals surface area contributed by atoms with Gasteiger partial charge >= 0.3 is 0 Å². The van der Waals surface area contributed by atoms with Gasteiger partial charge in [0.1, 0.15) is 0 Å². The molecule has 1 fully saturated rings. The highest BCUT2D eigenvalue weighted by molar-refractivity contribution is 5.88. The Bertz CT molecular complexity index is 231. The van der Waals surface area contributed by atoms with Crippen LogP contribution in [0.2, 0.25) is 0 Å². The molecule has 0 aromatic carbocycles. The molecule has 2 N–H and O–H groups in total. The summed E-state index contributed by atoms with van der Waals surface area (Å²) in [7, 11) is 2.04. The lowest BCUT2D eigenvalue weighted by atomic mass is 9.75. The first-order valence-electron chi connectivity index (χ1n) is 7.39. The van der Waals surface area contributed by atoms with E-state index in [-0.39, 0.29) is 5.54 Å². The predicted molar refractivity (Wildman–Crippen MR) is 75.9 cm³/mol. The van der Waals surface area contributed by atoms with Crippen molar-refractivity contribution in [3.05, 3.63) is 0 Å². The maximum Gasteiger partial charge on any atom is 0.0559 e. The zero-order valence-corrected chi connectivity index (χ0v) is 11.9. The molecule has 0 aliphatic heterocycles. The Morgan fingerprint density at radius 2 is 1.94 bits per heavy atom. The van der Waals surface area contributed by atoms with Gasteiger partial charge in [0.15, 0.2) is 0 Å². The lowest BCUT2D eigenvalue weighted by molar-refractivity contribution is 0.262. The largest absolute Gasteiger partial charge is 0.309 e. The summed E-state index contributed by atoms with van der Waals surface area (Å²) < 4.78 is 0. The van der Waals surface area contributed by atoms with Gasteiger partial charge in [0.05, 0.1) is 5.54 Å². The van der Waals surface area contributed by atoms with Gasteiger partial charge in [-0.15, -0.1) is 0 Å². The molecular formula is C15H30N2. The Hall–Kier alpha value is -0.370. The summed E-state index contributed by atoms with van der Waals surface area (Å²) in [5.41, 5.74) is 0.817. The second kappa shape index (κ2) is 7.15. The third kappa shape index (κ3) is 4.09. The van der Waals surface area contributed by atoms with Gasteiger partial charge in [-0.3, -0.25) is 0 Å². The molecule has 1 aliphatic carbocycles. The second-order valence-corrected chi connectivity index (χ2v) is 5.77. The Morgan fingerprint density at radius 3 is 2.41 bits per heavy atom. The van der Waals surface area contributed by atoms with E-state index in [1.807, 2.05) is 14.0 Å². The van der Waals surface area contributed by atoms with Crippen molar-refractivity contribution in [3.8, 4) is 0 Å². The first kappa shape index (κ1) is 14.7. The molecule has 0 saturated heterocycles. The van der Waals surface area contributed by atoms with E-state index in [1.165, 1.54) is 51.4 Å². The number of unbranched alkanes of at least 4 members (excludes halogenated alkanes) is 1. The maximum absolute atomic E-state index is 8.13. The van der Waals surface area contributed by atoms with Crippen LogP contribution < -0.4 is 5.32 Å². The van der Waals surface area contributed by atoms with Gasteiger partial charge in [-0.25, -0.2) is 0 Å². The first-order valence-corrected chi connectivity index (χ1v) is 7.39. The van der Waals surface area contributed by atoms with Crippen LogP contribution in [0.15, 0.2) is 0 Å². The highest BCUT2D eigenvalue weighted by Crippen LogP contribution is 2.33. The van der Waals surface area contributed by atoms with Crippen LogP contribution in [0.25, 0.3) is 0 Å². The van der Waals surface area contributed by atoms with Crippen molar-refractivity contribution in [2.24, 2.45) is 5.92 Å². The first-order chi connectivity index (χ1) is 8.14. The molecule has 1 unspecified atom stereocenters. The lowest BCUT2D eigenvalue weighted by Crippen LogP contribution is -2.50. The highest BCUT2D eigenvalue weighted by atomic mass is 15.0. The zero-order chi connectivity index (χ0) is 12.7. The fourth-order valence-electron chi connectivity index (χ4n) is 3.22. The quantitative estimate of drug-likeness (QED) is 0.642. The number of rotatable bonds is 7. The molecule has 100 valence electrons. The fourth-order valence-corrected chi connectivity index (χ4v) is 3.22. The van der Waals surface area contributed by atoms with Crippen LogP contribution in [0.1, 0.15) is 71.6 Å². The van der Waals surface area contributed by atoms with E-state index in [1.54, 1.807) is 0 Å². The monoisotopic (exact) mass is 238 g/mol. The van der Waals surface area contributed by atoms with E-state index in [0.717, 1.165) is 18.1 Å². The molecule has 0 radical (unpaired) electrons. The molecular weight excluding hydrogens is 208 g/mol. The summed E-state index contributed by atoms with van der Waals surface area (Å²) in [6.07, 6.45) is 11.7. The minimum absolute atomic E-state index is 0.0159. The minimum Gasteiger partial charge on any atom is -0.309 e. The summed E-state index contributed by atoms with van der Waals surface area (Å²) in [5.74, 6) is 0.841. The molecule has 0 aromatic rings. The van der Waals surface area contributed by atoms with Crippen LogP contribution in [0, 0.1) is 11.3 Å². The molecule has 0 heterocycles. The van der Waals surface area contributed by atoms with Crippen molar-refractivity contribution in [2.75, 3.05) is 7.05 Å². The van der Waals surface area contributed by atoms with Crippen molar-refractivity contribution < 1.29 is 0 Å². The van der Waals surface area contributed by atoms with E-state index in [2.05, 4.69) is 12.2 Å². The van der Waals surface area contributed by atoms with Crippen molar-refractivity contribution in [3.63, 3.8) is 0 Å². The topological polar surface area (TPSA) is 35.9 Å². The summed E-state index contributed by atoms with van der Waals surface area (Å²) >= 11 is 0. The Balaban J connectivity index is 2.63. The standard InChI is InChI=1S/C15H30N2/c1-4-5-11-15(17-3,13(2)16)12-14-9-7-6-8-10-14/h14,16-17H,4-12H2,1-3H3. The van der Waals surface area contributed by atoms with Crippen LogP contribution in [-0.2, 0) is 0 Å². The SMILES string of the molecule is CCCCC(CC1CCCCC1)(NC)C(C)=N. The number of hydrogen-bond acceptors (Lipinski definition) is 2. The average molecular weight is 238 g/mol. The smallest absolute Gasteiger partial charge is 0.0559 e. The Kier molecular flexibility index (Phi) is 6.18. The average Bonchev–Trinajstić information content (AvgIpc) is 2.35. The van der Waals surface area contributed by atoms with Gasteiger partial charge < -0.3 is 10.7 Å². The van der Waals surface area contributed by atoms with Gasteiger partial charge in [-0.05, 0) is 32.7 Å². The molecule has 2 heteroatoms. The molecule has 0 aromatic heterocycles. The molecule has 0 spiro atoms. The molecule has 0 amide bonds. The van der Waals surface area contributed by atoms with E-state index in [9.17, 15) is 0 Å². The maximum atomic E-state index is 8.13. The van der Waals surface area contributed by atoms with Gasteiger partial charge in [0.2, 0.25) is 0 Å². The third-order valence-corrected chi connectivity index (χ3v) is 4.52. The molecule has 17 heavy (non-hydrogen) atoms. The van der Waals surface area contributed by atoms with E-state index >= 15 is 0 Å². The van der Waals surface area contributed by atoms with Crippen LogP contribution >= 0.6 is 0 Å². The zero-order valence-electron chi connectivity index (χ0n) is 11.9.